The Bertz CT molecular complexity index is 1300. The minimum Gasteiger partial charge on any atom is -0.489 e. The molecule has 2 aromatic carbocycles. The first kappa shape index (κ1) is 25.7. The first-order valence-corrected chi connectivity index (χ1v) is 14.1. The van der Waals surface area contributed by atoms with Gasteiger partial charge in [-0.15, -0.1) is 0 Å². The van der Waals surface area contributed by atoms with Gasteiger partial charge in [-0.05, 0) is 63.3 Å². The summed E-state index contributed by atoms with van der Waals surface area (Å²) < 4.78 is 32.2. The predicted octanol–water partition coefficient (Wildman–Crippen LogP) is 6.54. The maximum absolute atomic E-state index is 13.8. The van der Waals surface area contributed by atoms with Gasteiger partial charge in [0, 0.05) is 49.2 Å². The molecule has 1 amide bonds. The second kappa shape index (κ2) is 10.5. The number of carbonyl (C=O) groups excluding carboxylic acids is 1. The van der Waals surface area contributed by atoms with Crippen LogP contribution in [0.5, 0.6) is 5.75 Å². The first-order valence-electron chi connectivity index (χ1n) is 13.7. The molecule has 38 heavy (non-hydrogen) atoms. The van der Waals surface area contributed by atoms with Crippen LogP contribution in [0, 0.1) is 5.82 Å². The van der Waals surface area contributed by atoms with Crippen LogP contribution in [0.25, 0.3) is 22.1 Å². The Morgan fingerprint density at radius 3 is 2.34 bits per heavy atom. The van der Waals surface area contributed by atoms with Crippen LogP contribution >= 0.6 is 11.6 Å². The molecular formula is C30H34ClFN2O4. The number of morpholine rings is 1. The van der Waals surface area contributed by atoms with E-state index in [9.17, 15) is 9.18 Å². The Morgan fingerprint density at radius 1 is 1.03 bits per heavy atom. The van der Waals surface area contributed by atoms with Crippen molar-refractivity contribution in [2.45, 2.75) is 70.3 Å². The highest BCUT2D eigenvalue weighted by Crippen LogP contribution is 2.41. The van der Waals surface area contributed by atoms with Crippen molar-refractivity contribution in [3.63, 3.8) is 0 Å². The number of piperidine rings is 1. The average molecular weight is 541 g/mol. The number of furan rings is 1. The topological polar surface area (TPSA) is 55.2 Å². The number of benzene rings is 2. The minimum atomic E-state index is -0.345. The number of ether oxygens (including phenoxy) is 2. The highest BCUT2D eigenvalue weighted by Gasteiger charge is 2.33. The van der Waals surface area contributed by atoms with Gasteiger partial charge in [0.15, 0.2) is 0 Å². The molecule has 0 bridgehead atoms. The van der Waals surface area contributed by atoms with Crippen LogP contribution in [-0.4, -0.2) is 66.2 Å². The number of fused-ring (bicyclic) bond motifs is 1. The number of halogens is 2. The Kier molecular flexibility index (Phi) is 7.10. The van der Waals surface area contributed by atoms with E-state index in [4.69, 9.17) is 25.5 Å². The van der Waals surface area contributed by atoms with Crippen molar-refractivity contribution < 1.29 is 23.1 Å². The Morgan fingerprint density at radius 2 is 1.71 bits per heavy atom. The number of nitrogens with zero attached hydrogens (tertiary/aromatic N) is 2. The van der Waals surface area contributed by atoms with Crippen molar-refractivity contribution in [2.24, 2.45) is 0 Å². The summed E-state index contributed by atoms with van der Waals surface area (Å²) in [5.41, 5.74) is 1.82. The second-order valence-electron chi connectivity index (χ2n) is 11.0. The number of likely N-dealkylation sites (tertiary alicyclic amines) is 1. The SMILES string of the molecule is CC1CN(C(=O)c2oc3cc(OC4CCN(C5CCC5)CC4)c(Cl)cc3c2-c2ccc(F)cc2)CC(C)O1. The standard InChI is InChI=1S/C30H34ClFN2O4/c1-18-16-34(17-19(2)36-18)30(35)29-28(20-6-8-21(32)9-7-20)24-14-25(31)27(15-26(24)38-29)37-23-10-12-33(13-11-23)22-4-3-5-22/h6-9,14-15,18-19,22-23H,3-5,10-13,16-17H2,1-2H3. The maximum Gasteiger partial charge on any atom is 0.290 e. The molecule has 1 saturated carbocycles. The van der Waals surface area contributed by atoms with E-state index in [0.29, 0.717) is 46.0 Å². The molecule has 3 aromatic rings. The van der Waals surface area contributed by atoms with E-state index < -0.39 is 0 Å². The average Bonchev–Trinajstić information content (AvgIpc) is 3.22. The number of rotatable bonds is 5. The Labute approximate surface area is 227 Å². The molecule has 8 heteroatoms. The van der Waals surface area contributed by atoms with Gasteiger partial charge in [0.05, 0.1) is 17.2 Å². The van der Waals surface area contributed by atoms with E-state index in [2.05, 4.69) is 4.90 Å². The largest absolute Gasteiger partial charge is 0.489 e. The number of hydrogen-bond acceptors (Lipinski definition) is 5. The molecule has 3 heterocycles. The molecule has 2 aliphatic heterocycles. The Balaban J connectivity index is 1.32. The summed E-state index contributed by atoms with van der Waals surface area (Å²) in [6, 6.07) is 10.4. The summed E-state index contributed by atoms with van der Waals surface area (Å²) in [6.07, 6.45) is 5.82. The zero-order valence-electron chi connectivity index (χ0n) is 21.9. The molecule has 0 spiro atoms. The number of hydrogen-bond donors (Lipinski definition) is 0. The highest BCUT2D eigenvalue weighted by atomic mass is 35.5. The van der Waals surface area contributed by atoms with Crippen molar-refractivity contribution in [3.05, 3.63) is 53.0 Å². The number of amides is 1. The first-order chi connectivity index (χ1) is 18.4. The molecule has 0 radical (unpaired) electrons. The van der Waals surface area contributed by atoms with Crippen molar-refractivity contribution in [2.75, 3.05) is 26.2 Å². The van der Waals surface area contributed by atoms with Crippen LogP contribution in [0.15, 0.2) is 40.8 Å². The lowest BCUT2D eigenvalue weighted by molar-refractivity contribution is -0.0591. The summed E-state index contributed by atoms with van der Waals surface area (Å²) >= 11 is 6.74. The van der Waals surface area contributed by atoms with E-state index in [-0.39, 0.29) is 35.8 Å². The van der Waals surface area contributed by atoms with Gasteiger partial charge in [0.25, 0.3) is 5.91 Å². The Hall–Kier alpha value is -2.61. The fourth-order valence-corrected chi connectivity index (χ4v) is 6.23. The van der Waals surface area contributed by atoms with Gasteiger partial charge in [-0.2, -0.15) is 0 Å². The predicted molar refractivity (Wildman–Crippen MR) is 145 cm³/mol. The minimum absolute atomic E-state index is 0.0773. The van der Waals surface area contributed by atoms with E-state index in [0.717, 1.165) is 32.0 Å². The molecule has 202 valence electrons. The van der Waals surface area contributed by atoms with Gasteiger partial charge in [0.2, 0.25) is 5.76 Å². The van der Waals surface area contributed by atoms with Crippen molar-refractivity contribution in [1.29, 1.82) is 0 Å². The molecule has 2 saturated heterocycles. The van der Waals surface area contributed by atoms with E-state index in [1.807, 2.05) is 13.8 Å². The summed E-state index contributed by atoms with van der Waals surface area (Å²) in [5, 5.41) is 1.17. The second-order valence-corrected chi connectivity index (χ2v) is 11.4. The molecule has 1 aliphatic carbocycles. The van der Waals surface area contributed by atoms with Crippen molar-refractivity contribution >= 4 is 28.5 Å². The fraction of sp³-hybridized carbons (Fsp3) is 0.500. The fourth-order valence-electron chi connectivity index (χ4n) is 6.02. The zero-order valence-corrected chi connectivity index (χ0v) is 22.7. The molecule has 6 rings (SSSR count). The molecule has 3 aliphatic rings. The van der Waals surface area contributed by atoms with Gasteiger partial charge in [-0.25, -0.2) is 4.39 Å². The lowest BCUT2D eigenvalue weighted by Gasteiger charge is -2.41. The van der Waals surface area contributed by atoms with Crippen LogP contribution in [-0.2, 0) is 4.74 Å². The van der Waals surface area contributed by atoms with Gasteiger partial charge in [0.1, 0.15) is 23.3 Å². The van der Waals surface area contributed by atoms with Gasteiger partial charge in [-0.1, -0.05) is 30.2 Å². The quantitative estimate of drug-likeness (QED) is 0.368. The summed E-state index contributed by atoms with van der Waals surface area (Å²) in [6.45, 7) is 6.93. The normalized spacial score (nSPS) is 23.5. The van der Waals surface area contributed by atoms with Crippen LogP contribution < -0.4 is 4.74 Å². The van der Waals surface area contributed by atoms with E-state index in [1.54, 1.807) is 29.2 Å². The molecule has 2 unspecified atom stereocenters. The third kappa shape index (κ3) is 5.04. The molecular weight excluding hydrogens is 507 g/mol. The van der Waals surface area contributed by atoms with Crippen LogP contribution in [0.3, 0.4) is 0 Å². The lowest BCUT2D eigenvalue weighted by atomic mass is 9.90. The van der Waals surface area contributed by atoms with E-state index in [1.165, 1.54) is 31.4 Å². The molecule has 6 nitrogen and oxygen atoms in total. The third-order valence-corrected chi connectivity index (χ3v) is 8.43. The monoisotopic (exact) mass is 540 g/mol. The van der Waals surface area contributed by atoms with E-state index >= 15 is 0 Å². The van der Waals surface area contributed by atoms with Gasteiger partial charge < -0.3 is 23.7 Å². The maximum atomic E-state index is 13.8. The van der Waals surface area contributed by atoms with Gasteiger partial charge >= 0.3 is 0 Å². The van der Waals surface area contributed by atoms with Gasteiger partial charge in [-0.3, -0.25) is 4.79 Å². The van der Waals surface area contributed by atoms with Crippen molar-refractivity contribution in [1.82, 2.24) is 9.80 Å². The number of carbonyl (C=O) groups is 1. The molecule has 1 aromatic heterocycles. The molecule has 0 N–H and O–H groups in total. The smallest absolute Gasteiger partial charge is 0.290 e. The highest BCUT2D eigenvalue weighted by molar-refractivity contribution is 6.33. The summed E-state index contributed by atoms with van der Waals surface area (Å²) in [4.78, 5) is 18.1. The van der Waals surface area contributed by atoms with Crippen molar-refractivity contribution in [3.8, 4) is 16.9 Å². The lowest BCUT2D eigenvalue weighted by Crippen LogP contribution is -2.48. The molecule has 2 atom stereocenters. The van der Waals surface area contributed by atoms with Crippen LogP contribution in [0.2, 0.25) is 5.02 Å². The summed E-state index contributed by atoms with van der Waals surface area (Å²) in [5.74, 6) is 0.218. The zero-order chi connectivity index (χ0) is 26.4. The summed E-state index contributed by atoms with van der Waals surface area (Å²) in [7, 11) is 0. The van der Waals surface area contributed by atoms with Crippen LogP contribution in [0.4, 0.5) is 4.39 Å². The molecule has 3 fully saturated rings. The third-order valence-electron chi connectivity index (χ3n) is 8.14. The van der Waals surface area contributed by atoms with Crippen LogP contribution in [0.1, 0.15) is 56.5 Å².